The van der Waals surface area contributed by atoms with Gasteiger partial charge in [0.1, 0.15) is 23.8 Å². The number of nitrogens with zero attached hydrogens (tertiary/aromatic N) is 3. The van der Waals surface area contributed by atoms with Crippen LogP contribution >= 0.6 is 15.9 Å². The van der Waals surface area contributed by atoms with Crippen molar-refractivity contribution < 1.29 is 8.78 Å². The Bertz CT molecular complexity index is 634. The summed E-state index contributed by atoms with van der Waals surface area (Å²) in [5.41, 5.74) is -0.116. The van der Waals surface area contributed by atoms with Gasteiger partial charge in [0.2, 0.25) is 0 Å². The molecule has 1 aromatic carbocycles. The van der Waals surface area contributed by atoms with Crippen molar-refractivity contribution in [3.63, 3.8) is 0 Å². The normalized spacial score (nSPS) is 11.9. The number of nitrogens with one attached hydrogen (secondary N) is 1. The molecule has 0 unspecified atom stereocenters. The van der Waals surface area contributed by atoms with Gasteiger partial charge < -0.3 is 5.32 Å². The van der Waals surface area contributed by atoms with Crippen molar-refractivity contribution in [3.8, 4) is 0 Å². The maximum absolute atomic E-state index is 14.0. The quantitative estimate of drug-likeness (QED) is 0.853. The largest absolute Gasteiger partial charge is 0.305 e. The van der Waals surface area contributed by atoms with E-state index in [-0.39, 0.29) is 22.1 Å². The lowest BCUT2D eigenvalue weighted by molar-refractivity contribution is 0.408. The fourth-order valence-electron chi connectivity index (χ4n) is 1.77. The molecule has 1 N–H and O–H groups in total. The lowest BCUT2D eigenvalue weighted by Crippen LogP contribution is -2.36. The van der Waals surface area contributed by atoms with Gasteiger partial charge in [-0.3, -0.25) is 0 Å². The zero-order valence-electron chi connectivity index (χ0n) is 12.1. The second-order valence-corrected chi connectivity index (χ2v) is 6.61. The molecule has 0 aliphatic carbocycles. The first-order chi connectivity index (χ1) is 9.78. The van der Waals surface area contributed by atoms with Gasteiger partial charge in [-0.05, 0) is 48.8 Å². The molecule has 2 aromatic rings. The Morgan fingerprint density at radius 3 is 2.67 bits per heavy atom. The van der Waals surface area contributed by atoms with Crippen molar-refractivity contribution in [2.24, 2.45) is 0 Å². The molecule has 1 heterocycles. The highest BCUT2D eigenvalue weighted by Crippen LogP contribution is 2.22. The van der Waals surface area contributed by atoms with Crippen LogP contribution in [0.2, 0.25) is 0 Å². The van der Waals surface area contributed by atoms with Crippen molar-refractivity contribution in [1.29, 1.82) is 0 Å². The van der Waals surface area contributed by atoms with E-state index in [2.05, 4.69) is 31.3 Å². The molecule has 0 amide bonds. The van der Waals surface area contributed by atoms with Crippen molar-refractivity contribution in [2.75, 3.05) is 0 Å². The van der Waals surface area contributed by atoms with Crippen LogP contribution in [0.5, 0.6) is 0 Å². The minimum atomic E-state index is -0.611. The summed E-state index contributed by atoms with van der Waals surface area (Å²) in [7, 11) is 0. The monoisotopic (exact) mass is 358 g/mol. The lowest BCUT2D eigenvalue weighted by Gasteiger charge is -2.20. The van der Waals surface area contributed by atoms with Gasteiger partial charge in [-0.2, -0.15) is 5.10 Å². The molecule has 0 fully saturated rings. The van der Waals surface area contributed by atoms with Gasteiger partial charge in [0.15, 0.2) is 0 Å². The predicted molar refractivity (Wildman–Crippen MR) is 79.8 cm³/mol. The van der Waals surface area contributed by atoms with Crippen LogP contribution in [0.3, 0.4) is 0 Å². The first-order valence-electron chi connectivity index (χ1n) is 6.52. The molecule has 1 aromatic heterocycles. The summed E-state index contributed by atoms with van der Waals surface area (Å²) >= 11 is 3.06. The molecule has 0 aliphatic heterocycles. The highest BCUT2D eigenvalue weighted by molar-refractivity contribution is 9.10. The minimum absolute atomic E-state index is 0.00172. The van der Waals surface area contributed by atoms with Crippen molar-refractivity contribution in [3.05, 3.63) is 46.0 Å². The van der Waals surface area contributed by atoms with Crippen LogP contribution in [0.25, 0.3) is 0 Å². The Hall–Kier alpha value is -1.34. The number of benzene rings is 1. The smallest absolute Gasteiger partial charge is 0.145 e. The summed E-state index contributed by atoms with van der Waals surface area (Å²) < 4.78 is 29.5. The Kier molecular flexibility index (Phi) is 4.73. The average Bonchev–Trinajstić information content (AvgIpc) is 2.83. The van der Waals surface area contributed by atoms with E-state index < -0.39 is 11.6 Å². The Balaban J connectivity index is 2.22. The third kappa shape index (κ3) is 4.07. The number of aromatic nitrogens is 3. The summed E-state index contributed by atoms with van der Waals surface area (Å²) in [5, 5.41) is 7.31. The summed E-state index contributed by atoms with van der Waals surface area (Å²) in [6.07, 6.45) is 1.38. The third-order valence-electron chi connectivity index (χ3n) is 2.92. The minimum Gasteiger partial charge on any atom is -0.305 e. The fraction of sp³-hybridized carbons (Fsp3) is 0.429. The van der Waals surface area contributed by atoms with E-state index in [1.54, 1.807) is 0 Å². The number of halogens is 3. The second kappa shape index (κ2) is 6.19. The van der Waals surface area contributed by atoms with Crippen LogP contribution in [0.1, 0.15) is 32.2 Å². The molecule has 7 heteroatoms. The van der Waals surface area contributed by atoms with Crippen LogP contribution in [0.4, 0.5) is 8.78 Å². The molecule has 21 heavy (non-hydrogen) atoms. The number of hydrogen-bond acceptors (Lipinski definition) is 3. The first-order valence-corrected chi connectivity index (χ1v) is 7.31. The molecule has 0 aliphatic rings. The molecular formula is C14H17BrF2N4. The molecule has 0 atom stereocenters. The topological polar surface area (TPSA) is 42.7 Å². The maximum Gasteiger partial charge on any atom is 0.145 e. The summed E-state index contributed by atoms with van der Waals surface area (Å²) in [5.74, 6) is -0.579. The molecule has 114 valence electrons. The molecular weight excluding hydrogens is 342 g/mol. The highest BCUT2D eigenvalue weighted by Gasteiger charge is 2.16. The van der Waals surface area contributed by atoms with Gasteiger partial charge in [-0.25, -0.2) is 18.4 Å². The van der Waals surface area contributed by atoms with Gasteiger partial charge >= 0.3 is 0 Å². The SMILES string of the molecule is CC(C)(C)NCc1ncnn1Cc1c(F)ccc(Br)c1F. The predicted octanol–water partition coefficient (Wildman–Crippen LogP) is 3.26. The van der Waals surface area contributed by atoms with Gasteiger partial charge in [0.05, 0.1) is 17.6 Å². The summed E-state index contributed by atoms with van der Waals surface area (Å²) in [6, 6.07) is 2.57. The van der Waals surface area contributed by atoms with Crippen LogP contribution in [-0.2, 0) is 13.1 Å². The van der Waals surface area contributed by atoms with Crippen molar-refractivity contribution in [2.45, 2.75) is 39.4 Å². The van der Waals surface area contributed by atoms with Gasteiger partial charge in [0.25, 0.3) is 0 Å². The van der Waals surface area contributed by atoms with Crippen molar-refractivity contribution >= 4 is 15.9 Å². The van der Waals surface area contributed by atoms with Gasteiger partial charge in [-0.1, -0.05) is 0 Å². The summed E-state index contributed by atoms with van der Waals surface area (Å²) in [4.78, 5) is 4.13. The molecule has 4 nitrogen and oxygen atoms in total. The average molecular weight is 359 g/mol. The number of rotatable bonds is 4. The van der Waals surface area contributed by atoms with Crippen LogP contribution in [0.15, 0.2) is 22.9 Å². The van der Waals surface area contributed by atoms with E-state index in [1.165, 1.54) is 23.1 Å². The van der Waals surface area contributed by atoms with Gasteiger partial charge in [0, 0.05) is 11.1 Å². The number of hydrogen-bond donors (Lipinski definition) is 1. The van der Waals surface area contributed by atoms with Crippen molar-refractivity contribution in [1.82, 2.24) is 20.1 Å². The maximum atomic E-state index is 14.0. The Morgan fingerprint density at radius 1 is 1.29 bits per heavy atom. The molecule has 0 radical (unpaired) electrons. The second-order valence-electron chi connectivity index (χ2n) is 5.76. The highest BCUT2D eigenvalue weighted by atomic mass is 79.9. The Morgan fingerprint density at radius 2 is 2.00 bits per heavy atom. The van der Waals surface area contributed by atoms with E-state index in [1.807, 2.05) is 20.8 Å². The van der Waals surface area contributed by atoms with E-state index in [4.69, 9.17) is 0 Å². The van der Waals surface area contributed by atoms with E-state index in [9.17, 15) is 8.78 Å². The third-order valence-corrected chi connectivity index (χ3v) is 3.53. The Labute approximate surface area is 130 Å². The van der Waals surface area contributed by atoms with Gasteiger partial charge in [-0.15, -0.1) is 0 Å². The molecule has 0 spiro atoms. The summed E-state index contributed by atoms with van der Waals surface area (Å²) in [6.45, 7) is 6.56. The lowest BCUT2D eigenvalue weighted by atomic mass is 10.1. The molecule has 0 saturated carbocycles. The first kappa shape index (κ1) is 16.0. The van der Waals surface area contributed by atoms with E-state index in [0.717, 1.165) is 0 Å². The van der Waals surface area contributed by atoms with Crippen LogP contribution in [0, 0.1) is 11.6 Å². The van der Waals surface area contributed by atoms with E-state index >= 15 is 0 Å². The van der Waals surface area contributed by atoms with E-state index in [0.29, 0.717) is 12.4 Å². The van der Waals surface area contributed by atoms with Crippen LogP contribution < -0.4 is 5.32 Å². The standard InChI is InChI=1S/C14H17BrF2N4/c1-14(2,3)19-6-12-18-8-20-21(12)7-9-11(16)5-4-10(15)13(9)17/h4-5,8,19H,6-7H2,1-3H3. The zero-order valence-corrected chi connectivity index (χ0v) is 13.7. The molecule has 0 bridgehead atoms. The fourth-order valence-corrected chi connectivity index (χ4v) is 2.14. The zero-order chi connectivity index (χ0) is 15.6. The molecule has 2 rings (SSSR count). The molecule has 0 saturated heterocycles. The van der Waals surface area contributed by atoms with Crippen LogP contribution in [-0.4, -0.2) is 20.3 Å².